The minimum Gasteiger partial charge on any atom is -0.316 e. The monoisotopic (exact) mass is 254 g/mol. The Morgan fingerprint density at radius 2 is 1.73 bits per heavy atom. The number of hydrogen-bond donors (Lipinski definition) is 2. The second kappa shape index (κ2) is 3.41. The van der Waals surface area contributed by atoms with Crippen molar-refractivity contribution >= 4 is 19.9 Å². The molecule has 1 saturated heterocycles. The van der Waals surface area contributed by atoms with E-state index in [-0.39, 0.29) is 6.04 Å². The third-order valence-electron chi connectivity index (χ3n) is 2.78. The van der Waals surface area contributed by atoms with E-state index in [2.05, 4.69) is 10.0 Å². The molecule has 1 heterocycles. The van der Waals surface area contributed by atoms with Crippen molar-refractivity contribution in [2.75, 3.05) is 24.4 Å². The summed E-state index contributed by atoms with van der Waals surface area (Å²) in [5.41, 5.74) is 0. The molecule has 0 amide bonds. The van der Waals surface area contributed by atoms with Crippen LogP contribution in [0.3, 0.4) is 0 Å². The van der Waals surface area contributed by atoms with Gasteiger partial charge in [-0.2, -0.15) is 0 Å². The van der Waals surface area contributed by atoms with Crippen molar-refractivity contribution in [3.8, 4) is 0 Å². The Morgan fingerprint density at radius 1 is 1.20 bits per heavy atom. The maximum atomic E-state index is 11.4. The predicted octanol–water partition coefficient (Wildman–Crippen LogP) is -1.87. The number of sulfone groups is 1. The molecular weight excluding hydrogens is 240 g/mol. The van der Waals surface area contributed by atoms with Crippen LogP contribution in [-0.4, -0.2) is 47.3 Å². The summed E-state index contributed by atoms with van der Waals surface area (Å²) in [6.45, 7) is 1.63. The Bertz CT molecular complexity index is 445. The molecule has 0 aromatic rings. The third kappa shape index (κ3) is 2.68. The minimum absolute atomic E-state index is 0.0574. The zero-order valence-corrected chi connectivity index (χ0v) is 9.94. The fourth-order valence-corrected chi connectivity index (χ4v) is 5.41. The van der Waals surface area contributed by atoms with Crippen molar-refractivity contribution in [2.45, 2.75) is 6.04 Å². The van der Waals surface area contributed by atoms with Crippen LogP contribution in [0.15, 0.2) is 0 Å². The first kappa shape index (κ1) is 11.3. The molecule has 2 atom stereocenters. The highest BCUT2D eigenvalue weighted by molar-refractivity contribution is 8.06. The average molecular weight is 254 g/mol. The van der Waals surface area contributed by atoms with Crippen LogP contribution in [0, 0.1) is 11.8 Å². The van der Waals surface area contributed by atoms with Gasteiger partial charge in [-0.1, -0.05) is 0 Å². The standard InChI is InChI=1S/C7H14N2O4S2/c1-14(10,11)4-15(12,13)9-7-5-2-8-3-6(5)7/h5-9H,2-4H2,1H3. The van der Waals surface area contributed by atoms with Crippen LogP contribution in [0.4, 0.5) is 0 Å². The lowest BCUT2D eigenvalue weighted by Gasteiger charge is -2.07. The zero-order valence-electron chi connectivity index (χ0n) is 8.30. The average Bonchev–Trinajstić information content (AvgIpc) is 2.50. The van der Waals surface area contributed by atoms with Crippen molar-refractivity contribution in [2.24, 2.45) is 11.8 Å². The van der Waals surface area contributed by atoms with Crippen molar-refractivity contribution in [3.63, 3.8) is 0 Å². The summed E-state index contributed by atoms with van der Waals surface area (Å²) >= 11 is 0. The maximum Gasteiger partial charge on any atom is 0.226 e. The number of sulfonamides is 1. The molecule has 0 aromatic carbocycles. The summed E-state index contributed by atoms with van der Waals surface area (Å²) in [7, 11) is -7.17. The molecule has 2 unspecified atom stereocenters. The van der Waals surface area contributed by atoms with E-state index in [0.717, 1.165) is 19.3 Å². The van der Waals surface area contributed by atoms with Crippen molar-refractivity contribution in [3.05, 3.63) is 0 Å². The SMILES string of the molecule is CS(=O)(=O)CS(=O)(=O)NC1C2CNCC21. The fourth-order valence-electron chi connectivity index (χ4n) is 2.12. The van der Waals surface area contributed by atoms with E-state index in [0.29, 0.717) is 11.8 Å². The van der Waals surface area contributed by atoms with Crippen molar-refractivity contribution in [1.82, 2.24) is 10.0 Å². The second-order valence-electron chi connectivity index (χ2n) is 4.29. The zero-order chi connectivity index (χ0) is 11.3. The van der Waals surface area contributed by atoms with Gasteiger partial charge in [0, 0.05) is 12.3 Å². The molecule has 2 N–H and O–H groups in total. The number of hydrogen-bond acceptors (Lipinski definition) is 5. The quantitative estimate of drug-likeness (QED) is 0.613. The van der Waals surface area contributed by atoms with Crippen molar-refractivity contribution < 1.29 is 16.8 Å². The van der Waals surface area contributed by atoms with Crippen LogP contribution in [0.25, 0.3) is 0 Å². The van der Waals surface area contributed by atoms with Gasteiger partial charge < -0.3 is 5.32 Å². The lowest BCUT2D eigenvalue weighted by Crippen LogP contribution is -2.35. The Morgan fingerprint density at radius 3 is 2.20 bits per heavy atom. The molecule has 1 aliphatic carbocycles. The van der Waals surface area contributed by atoms with Crippen LogP contribution in [0.1, 0.15) is 0 Å². The van der Waals surface area contributed by atoms with Crippen LogP contribution < -0.4 is 10.0 Å². The Kier molecular flexibility index (Phi) is 2.57. The molecule has 0 bridgehead atoms. The van der Waals surface area contributed by atoms with Gasteiger partial charge in [0.2, 0.25) is 10.0 Å². The summed E-state index contributed by atoms with van der Waals surface area (Å²) < 4.78 is 47.0. The van der Waals surface area contributed by atoms with E-state index in [1.807, 2.05) is 0 Å². The normalized spacial score (nSPS) is 35.1. The highest BCUT2D eigenvalue weighted by Crippen LogP contribution is 2.41. The van der Waals surface area contributed by atoms with Gasteiger partial charge in [-0.15, -0.1) is 0 Å². The molecule has 2 aliphatic rings. The molecule has 88 valence electrons. The minimum atomic E-state index is -3.68. The Hall–Kier alpha value is -0.180. The molecule has 0 spiro atoms. The van der Waals surface area contributed by atoms with Crippen LogP contribution in [0.2, 0.25) is 0 Å². The molecular formula is C7H14N2O4S2. The molecule has 1 aliphatic heterocycles. The summed E-state index contributed by atoms with van der Waals surface area (Å²) in [4.78, 5) is 0. The number of piperidine rings is 1. The summed E-state index contributed by atoms with van der Waals surface area (Å²) in [5, 5.41) is 2.32. The molecule has 8 heteroatoms. The molecule has 0 aromatic heterocycles. The molecule has 1 saturated carbocycles. The number of rotatable bonds is 4. The van der Waals surface area contributed by atoms with E-state index in [1.54, 1.807) is 0 Å². The fraction of sp³-hybridized carbons (Fsp3) is 1.00. The van der Waals surface area contributed by atoms with Gasteiger partial charge in [0.05, 0.1) is 0 Å². The summed E-state index contributed by atoms with van der Waals surface area (Å²) in [5.74, 6) is 0.693. The Balaban J connectivity index is 1.95. The molecule has 6 nitrogen and oxygen atoms in total. The first-order chi connectivity index (χ1) is 6.79. The first-order valence-corrected chi connectivity index (χ1v) is 8.38. The summed E-state index contributed by atoms with van der Waals surface area (Å²) in [6.07, 6.45) is 0.918. The van der Waals surface area contributed by atoms with Gasteiger partial charge in [-0.05, 0) is 24.9 Å². The highest BCUT2D eigenvalue weighted by atomic mass is 32.3. The summed E-state index contributed by atoms with van der Waals surface area (Å²) in [6, 6.07) is -0.0574. The van der Waals surface area contributed by atoms with Gasteiger partial charge in [-0.25, -0.2) is 21.6 Å². The molecule has 2 fully saturated rings. The third-order valence-corrected chi connectivity index (χ3v) is 6.36. The van der Waals surface area contributed by atoms with E-state index >= 15 is 0 Å². The van der Waals surface area contributed by atoms with Crippen LogP contribution in [-0.2, 0) is 19.9 Å². The smallest absolute Gasteiger partial charge is 0.226 e. The maximum absolute atomic E-state index is 11.4. The lowest BCUT2D eigenvalue weighted by atomic mass is 10.4. The van der Waals surface area contributed by atoms with E-state index in [9.17, 15) is 16.8 Å². The second-order valence-corrected chi connectivity index (χ2v) is 8.55. The molecule has 0 radical (unpaired) electrons. The van der Waals surface area contributed by atoms with Crippen LogP contribution in [0.5, 0.6) is 0 Å². The molecule has 2 rings (SSSR count). The van der Waals surface area contributed by atoms with Gasteiger partial charge in [0.15, 0.2) is 14.9 Å². The first-order valence-electron chi connectivity index (χ1n) is 4.67. The van der Waals surface area contributed by atoms with Gasteiger partial charge in [0.25, 0.3) is 0 Å². The lowest BCUT2D eigenvalue weighted by molar-refractivity contribution is 0.566. The van der Waals surface area contributed by atoms with E-state index in [1.165, 1.54) is 0 Å². The van der Waals surface area contributed by atoms with Crippen molar-refractivity contribution in [1.29, 1.82) is 0 Å². The Labute approximate surface area is 89.4 Å². The van der Waals surface area contributed by atoms with Gasteiger partial charge >= 0.3 is 0 Å². The largest absolute Gasteiger partial charge is 0.316 e. The van der Waals surface area contributed by atoms with E-state index < -0.39 is 24.9 Å². The van der Waals surface area contributed by atoms with Gasteiger partial charge in [-0.3, -0.25) is 0 Å². The van der Waals surface area contributed by atoms with Gasteiger partial charge in [0.1, 0.15) is 0 Å². The molecule has 15 heavy (non-hydrogen) atoms. The highest BCUT2D eigenvalue weighted by Gasteiger charge is 2.54. The number of fused-ring (bicyclic) bond motifs is 1. The predicted molar refractivity (Wildman–Crippen MR) is 55.4 cm³/mol. The number of nitrogens with one attached hydrogen (secondary N) is 2. The topological polar surface area (TPSA) is 92.3 Å². The van der Waals surface area contributed by atoms with Crippen LogP contribution >= 0.6 is 0 Å². The van der Waals surface area contributed by atoms with E-state index in [4.69, 9.17) is 0 Å².